The molecule has 0 saturated heterocycles. The average Bonchev–Trinajstić information content (AvgIpc) is 2.26. The van der Waals surface area contributed by atoms with Crippen molar-refractivity contribution >= 4 is 15.9 Å². The third kappa shape index (κ3) is 3.06. The molecular formula is C9H4BrF7O. The first kappa shape index (κ1) is 15.1. The highest BCUT2D eigenvalue weighted by Crippen LogP contribution is 2.32. The number of hydrogen-bond acceptors (Lipinski definition) is 1. The topological polar surface area (TPSA) is 9.23 Å². The van der Waals surface area contributed by atoms with Crippen LogP contribution in [-0.2, 0) is 5.33 Å². The zero-order chi connectivity index (χ0) is 14.1. The number of halogens is 8. The molecular weight excluding hydrogens is 337 g/mol. The summed E-state index contributed by atoms with van der Waals surface area (Å²) in [4.78, 5) is 0. The minimum atomic E-state index is -4.89. The first-order valence-electron chi connectivity index (χ1n) is 4.29. The molecule has 0 aliphatic rings. The van der Waals surface area contributed by atoms with E-state index in [0.29, 0.717) is 0 Å². The Hall–Kier alpha value is -0.990. The Morgan fingerprint density at radius 1 is 0.889 bits per heavy atom. The molecule has 0 heterocycles. The number of rotatable bonds is 3. The molecule has 9 heteroatoms. The second kappa shape index (κ2) is 5.33. The minimum Gasteiger partial charge on any atom is -0.478 e. The van der Waals surface area contributed by atoms with Crippen LogP contribution in [0.15, 0.2) is 0 Å². The summed E-state index contributed by atoms with van der Waals surface area (Å²) in [6.07, 6.45) is -4.89. The van der Waals surface area contributed by atoms with Crippen LogP contribution in [0, 0.1) is 23.3 Å². The zero-order valence-corrected chi connectivity index (χ0v) is 9.93. The van der Waals surface area contributed by atoms with E-state index in [4.69, 9.17) is 0 Å². The Morgan fingerprint density at radius 3 is 1.67 bits per heavy atom. The van der Waals surface area contributed by atoms with E-state index in [1.165, 1.54) is 0 Å². The van der Waals surface area contributed by atoms with E-state index < -0.39 is 52.7 Å². The van der Waals surface area contributed by atoms with Crippen LogP contribution in [0.4, 0.5) is 30.7 Å². The van der Waals surface area contributed by atoms with Crippen LogP contribution < -0.4 is 4.74 Å². The normalized spacial score (nSPS) is 11.8. The molecule has 1 rings (SSSR count). The lowest BCUT2D eigenvalue weighted by atomic mass is 10.2. The predicted octanol–water partition coefficient (Wildman–Crippen LogP) is 4.08. The van der Waals surface area contributed by atoms with Crippen LogP contribution in [-0.4, -0.2) is 12.8 Å². The molecule has 0 radical (unpaired) electrons. The molecule has 1 aromatic carbocycles. The molecule has 0 N–H and O–H groups in total. The van der Waals surface area contributed by atoms with Gasteiger partial charge in [-0.25, -0.2) is 8.78 Å². The largest absolute Gasteiger partial charge is 0.478 e. The molecule has 0 amide bonds. The van der Waals surface area contributed by atoms with E-state index >= 15 is 0 Å². The van der Waals surface area contributed by atoms with Gasteiger partial charge in [-0.1, -0.05) is 15.9 Å². The summed E-state index contributed by atoms with van der Waals surface area (Å²) in [6.45, 7) is -2.06. The van der Waals surface area contributed by atoms with E-state index in [2.05, 4.69) is 20.7 Å². The lowest BCUT2D eigenvalue weighted by Gasteiger charge is -2.13. The van der Waals surface area contributed by atoms with Crippen molar-refractivity contribution in [3.05, 3.63) is 28.8 Å². The molecule has 0 aliphatic carbocycles. The Kier molecular flexibility index (Phi) is 4.46. The lowest BCUT2D eigenvalue weighted by molar-refractivity contribution is -0.154. The zero-order valence-electron chi connectivity index (χ0n) is 8.35. The van der Waals surface area contributed by atoms with Gasteiger partial charge in [-0.2, -0.15) is 22.0 Å². The summed E-state index contributed by atoms with van der Waals surface area (Å²) in [5.41, 5.74) is -0.968. The van der Waals surface area contributed by atoms with Gasteiger partial charge in [-0.05, 0) is 0 Å². The summed E-state index contributed by atoms with van der Waals surface area (Å²) in [5.74, 6) is -9.35. The van der Waals surface area contributed by atoms with Crippen molar-refractivity contribution in [2.45, 2.75) is 11.5 Å². The molecule has 0 unspecified atom stereocenters. The van der Waals surface area contributed by atoms with Gasteiger partial charge in [0.15, 0.2) is 24.0 Å². The maximum Gasteiger partial charge on any atom is 0.422 e. The fourth-order valence-corrected chi connectivity index (χ4v) is 1.55. The van der Waals surface area contributed by atoms with Gasteiger partial charge in [-0.15, -0.1) is 0 Å². The van der Waals surface area contributed by atoms with E-state index in [1.807, 2.05) is 0 Å². The molecule has 0 fully saturated rings. The van der Waals surface area contributed by atoms with Crippen molar-refractivity contribution in [1.82, 2.24) is 0 Å². The third-order valence-corrected chi connectivity index (χ3v) is 2.39. The van der Waals surface area contributed by atoms with Crippen LogP contribution in [0.3, 0.4) is 0 Å². The van der Waals surface area contributed by atoms with Crippen molar-refractivity contribution in [2.75, 3.05) is 6.61 Å². The van der Waals surface area contributed by atoms with E-state index in [-0.39, 0.29) is 0 Å². The maximum atomic E-state index is 13.2. The smallest absolute Gasteiger partial charge is 0.422 e. The molecule has 0 saturated carbocycles. The van der Waals surface area contributed by atoms with Crippen molar-refractivity contribution in [2.24, 2.45) is 0 Å². The standard InChI is InChI=1S/C9H4BrF7O/c10-1-3-4(11)6(13)8(7(14)5(3)12)18-2-9(15,16)17/h1-2H2. The van der Waals surface area contributed by atoms with Gasteiger partial charge < -0.3 is 4.74 Å². The van der Waals surface area contributed by atoms with Gasteiger partial charge in [0.1, 0.15) is 0 Å². The van der Waals surface area contributed by atoms with Gasteiger partial charge in [0.25, 0.3) is 0 Å². The molecule has 0 aliphatic heterocycles. The SMILES string of the molecule is Fc1c(F)c(OCC(F)(F)F)c(F)c(F)c1CBr. The molecule has 1 nitrogen and oxygen atoms in total. The summed E-state index contributed by atoms with van der Waals surface area (Å²) in [5, 5.41) is -0.544. The molecule has 0 atom stereocenters. The lowest BCUT2D eigenvalue weighted by Crippen LogP contribution is -2.21. The summed E-state index contributed by atoms with van der Waals surface area (Å²) in [6, 6.07) is 0. The highest BCUT2D eigenvalue weighted by molar-refractivity contribution is 9.08. The first-order chi connectivity index (χ1) is 8.19. The summed E-state index contributed by atoms with van der Waals surface area (Å²) < 4.78 is 91.7. The van der Waals surface area contributed by atoms with Gasteiger partial charge >= 0.3 is 6.18 Å². The predicted molar refractivity (Wildman–Crippen MR) is 50.5 cm³/mol. The Balaban J connectivity index is 3.21. The fraction of sp³-hybridized carbons (Fsp3) is 0.333. The molecule has 102 valence electrons. The van der Waals surface area contributed by atoms with Crippen LogP contribution in [0.2, 0.25) is 0 Å². The first-order valence-corrected chi connectivity index (χ1v) is 5.41. The average molecular weight is 341 g/mol. The quantitative estimate of drug-likeness (QED) is 0.457. The molecule has 0 bridgehead atoms. The van der Waals surface area contributed by atoms with Crippen LogP contribution in [0.25, 0.3) is 0 Å². The molecule has 0 aromatic heterocycles. The Bertz CT molecular complexity index is 428. The van der Waals surface area contributed by atoms with Gasteiger partial charge in [0.2, 0.25) is 11.6 Å². The second-order valence-electron chi connectivity index (χ2n) is 3.10. The van der Waals surface area contributed by atoms with Crippen LogP contribution >= 0.6 is 15.9 Å². The molecule has 18 heavy (non-hydrogen) atoms. The fourth-order valence-electron chi connectivity index (χ4n) is 1.06. The number of alkyl halides is 4. The third-order valence-electron chi connectivity index (χ3n) is 1.83. The summed E-state index contributed by atoms with van der Waals surface area (Å²) >= 11 is 2.59. The number of hydrogen-bond donors (Lipinski definition) is 0. The second-order valence-corrected chi connectivity index (χ2v) is 3.66. The molecule has 1 aromatic rings. The van der Waals surface area contributed by atoms with Gasteiger partial charge in [0, 0.05) is 10.9 Å². The van der Waals surface area contributed by atoms with E-state index in [0.717, 1.165) is 0 Å². The minimum absolute atomic E-state index is 0.544. The van der Waals surface area contributed by atoms with Crippen LogP contribution in [0.1, 0.15) is 5.56 Å². The van der Waals surface area contributed by atoms with Crippen molar-refractivity contribution in [1.29, 1.82) is 0 Å². The van der Waals surface area contributed by atoms with E-state index in [9.17, 15) is 30.7 Å². The highest BCUT2D eigenvalue weighted by atomic mass is 79.9. The highest BCUT2D eigenvalue weighted by Gasteiger charge is 2.32. The van der Waals surface area contributed by atoms with E-state index in [1.54, 1.807) is 0 Å². The monoisotopic (exact) mass is 340 g/mol. The van der Waals surface area contributed by atoms with Crippen LogP contribution in [0.5, 0.6) is 5.75 Å². The van der Waals surface area contributed by atoms with Gasteiger partial charge in [0.05, 0.1) is 0 Å². The summed E-state index contributed by atoms with van der Waals surface area (Å²) in [7, 11) is 0. The number of ether oxygens (including phenoxy) is 1. The number of benzene rings is 1. The van der Waals surface area contributed by atoms with Crippen molar-refractivity contribution in [3.63, 3.8) is 0 Å². The maximum absolute atomic E-state index is 13.2. The van der Waals surface area contributed by atoms with Gasteiger partial charge in [-0.3, -0.25) is 0 Å². The Labute approximate surface area is 105 Å². The Morgan fingerprint density at radius 2 is 1.33 bits per heavy atom. The van der Waals surface area contributed by atoms with Crippen molar-refractivity contribution < 1.29 is 35.5 Å². The van der Waals surface area contributed by atoms with Crippen molar-refractivity contribution in [3.8, 4) is 5.75 Å². The molecule has 0 spiro atoms.